The fourth-order valence-corrected chi connectivity index (χ4v) is 5.46. The van der Waals surface area contributed by atoms with Crippen LogP contribution in [0.4, 0.5) is 4.79 Å². The van der Waals surface area contributed by atoms with Gasteiger partial charge < -0.3 is 14.5 Å². The van der Waals surface area contributed by atoms with Gasteiger partial charge in [-0.25, -0.2) is 13.2 Å². The molecule has 0 saturated carbocycles. The summed E-state index contributed by atoms with van der Waals surface area (Å²) < 4.78 is 33.7. The summed E-state index contributed by atoms with van der Waals surface area (Å²) in [5, 5.41) is 0.210. The number of amides is 2. The first-order valence-electron chi connectivity index (χ1n) is 10.4. The van der Waals surface area contributed by atoms with Crippen LogP contribution in [-0.2, 0) is 26.0 Å². The maximum atomic E-state index is 13.4. The van der Waals surface area contributed by atoms with Gasteiger partial charge in [-0.05, 0) is 37.1 Å². The largest absolute Gasteiger partial charge is 0.450 e. The lowest BCUT2D eigenvalue weighted by atomic mass is 10.1. The lowest BCUT2D eigenvalue weighted by Gasteiger charge is -2.36. The number of ether oxygens (including phenoxy) is 1. The third-order valence-electron chi connectivity index (χ3n) is 5.18. The van der Waals surface area contributed by atoms with Crippen molar-refractivity contribution in [1.82, 2.24) is 14.5 Å². The van der Waals surface area contributed by atoms with Crippen LogP contribution in [0.25, 0.3) is 0 Å². The molecule has 0 spiro atoms. The van der Waals surface area contributed by atoms with E-state index in [4.69, 9.17) is 27.9 Å². The Bertz CT molecular complexity index is 1090. The second-order valence-electron chi connectivity index (χ2n) is 7.45. The number of nitrogens with one attached hydrogen (secondary N) is 1. The van der Waals surface area contributed by atoms with E-state index in [1.165, 1.54) is 23.1 Å². The van der Waals surface area contributed by atoms with Gasteiger partial charge >= 0.3 is 6.09 Å². The van der Waals surface area contributed by atoms with Crippen molar-refractivity contribution in [3.63, 3.8) is 0 Å². The molecule has 0 bridgehead atoms. The first kappa shape index (κ1) is 25.3. The maximum absolute atomic E-state index is 13.4. The van der Waals surface area contributed by atoms with Crippen LogP contribution in [0.5, 0.6) is 0 Å². The van der Waals surface area contributed by atoms with Gasteiger partial charge in [0.15, 0.2) is 0 Å². The first-order valence-corrected chi connectivity index (χ1v) is 12.7. The van der Waals surface area contributed by atoms with Crippen molar-refractivity contribution in [2.45, 2.75) is 24.3 Å². The highest BCUT2D eigenvalue weighted by Crippen LogP contribution is 2.25. The molecular weight excluding hydrogens is 489 g/mol. The van der Waals surface area contributed by atoms with Crippen LogP contribution in [0.3, 0.4) is 0 Å². The Morgan fingerprint density at radius 2 is 1.67 bits per heavy atom. The van der Waals surface area contributed by atoms with Gasteiger partial charge in [0.1, 0.15) is 10.9 Å². The van der Waals surface area contributed by atoms with Crippen LogP contribution in [0.1, 0.15) is 12.5 Å². The fourth-order valence-electron chi connectivity index (χ4n) is 3.51. The maximum Gasteiger partial charge on any atom is 0.409 e. The predicted octanol–water partition coefficient (Wildman–Crippen LogP) is 3.18. The SMILES string of the molecule is CCOC(=O)N1CCN(C(=O)C(Cc2ccccc2)NS(=O)(=O)c2cc(Cl)ccc2Cl)CC1. The Kier molecular flexibility index (Phi) is 8.58. The van der Waals surface area contributed by atoms with Crippen molar-refractivity contribution in [3.8, 4) is 0 Å². The van der Waals surface area contributed by atoms with Gasteiger partial charge in [-0.1, -0.05) is 53.5 Å². The highest BCUT2D eigenvalue weighted by molar-refractivity contribution is 7.89. The summed E-state index contributed by atoms with van der Waals surface area (Å²) in [6.45, 7) is 3.13. The minimum atomic E-state index is -4.15. The van der Waals surface area contributed by atoms with Crippen LogP contribution in [0.2, 0.25) is 10.0 Å². The molecule has 1 saturated heterocycles. The molecule has 0 aromatic heterocycles. The quantitative estimate of drug-likeness (QED) is 0.613. The second-order valence-corrected chi connectivity index (χ2v) is 9.98. The van der Waals surface area contributed by atoms with Crippen molar-refractivity contribution in [3.05, 3.63) is 64.1 Å². The molecule has 1 atom stereocenters. The van der Waals surface area contributed by atoms with E-state index in [1.54, 1.807) is 11.8 Å². The van der Waals surface area contributed by atoms with E-state index in [1.807, 2.05) is 30.3 Å². The molecule has 1 heterocycles. The van der Waals surface area contributed by atoms with Gasteiger partial charge in [0, 0.05) is 31.2 Å². The standard InChI is InChI=1S/C22H25Cl2N3O5S/c1-2-32-22(29)27-12-10-26(11-13-27)21(28)19(14-16-6-4-3-5-7-16)25-33(30,31)20-15-17(23)8-9-18(20)24/h3-9,15,19,25H,2,10-14H2,1H3. The fraction of sp³-hybridized carbons (Fsp3) is 0.364. The molecular formula is C22H25Cl2N3O5S. The Labute approximate surface area is 203 Å². The summed E-state index contributed by atoms with van der Waals surface area (Å²) in [4.78, 5) is 28.2. The Hall–Kier alpha value is -2.33. The number of rotatable bonds is 7. The van der Waals surface area contributed by atoms with Gasteiger partial charge in [0.2, 0.25) is 15.9 Å². The van der Waals surface area contributed by atoms with Crippen LogP contribution in [-0.4, -0.2) is 69.0 Å². The third-order valence-corrected chi connectivity index (χ3v) is 7.37. The van der Waals surface area contributed by atoms with Gasteiger partial charge in [-0.2, -0.15) is 4.72 Å². The van der Waals surface area contributed by atoms with E-state index in [-0.39, 0.29) is 47.0 Å². The average Bonchev–Trinajstić information content (AvgIpc) is 2.80. The average molecular weight is 514 g/mol. The van der Waals surface area contributed by atoms with E-state index in [0.29, 0.717) is 13.1 Å². The van der Waals surface area contributed by atoms with Crippen LogP contribution in [0.15, 0.2) is 53.4 Å². The molecule has 2 amide bonds. The molecule has 1 fully saturated rings. The molecule has 33 heavy (non-hydrogen) atoms. The van der Waals surface area contributed by atoms with E-state index >= 15 is 0 Å². The van der Waals surface area contributed by atoms with Crippen LogP contribution >= 0.6 is 23.2 Å². The minimum absolute atomic E-state index is 0.000797. The number of carbonyl (C=O) groups is 2. The van der Waals surface area contributed by atoms with Gasteiger partial charge in [-0.3, -0.25) is 4.79 Å². The zero-order valence-corrected chi connectivity index (χ0v) is 20.4. The molecule has 1 aliphatic heterocycles. The molecule has 11 heteroatoms. The number of halogens is 2. The predicted molar refractivity (Wildman–Crippen MR) is 126 cm³/mol. The van der Waals surface area contributed by atoms with Gasteiger partial charge in [0.25, 0.3) is 0 Å². The lowest BCUT2D eigenvalue weighted by Crippen LogP contribution is -2.56. The van der Waals surface area contributed by atoms with Crippen molar-refractivity contribution >= 4 is 45.2 Å². The lowest BCUT2D eigenvalue weighted by molar-refractivity contribution is -0.134. The van der Waals surface area contributed by atoms with E-state index in [0.717, 1.165) is 5.56 Å². The molecule has 1 unspecified atom stereocenters. The molecule has 2 aromatic carbocycles. The minimum Gasteiger partial charge on any atom is -0.450 e. The Morgan fingerprint density at radius 1 is 1.03 bits per heavy atom. The van der Waals surface area contributed by atoms with Crippen molar-refractivity contribution < 1.29 is 22.7 Å². The smallest absolute Gasteiger partial charge is 0.409 e. The zero-order valence-electron chi connectivity index (χ0n) is 18.0. The zero-order chi connectivity index (χ0) is 24.0. The molecule has 8 nitrogen and oxygen atoms in total. The summed E-state index contributed by atoms with van der Waals surface area (Å²) in [5.74, 6) is -0.385. The highest BCUT2D eigenvalue weighted by Gasteiger charge is 2.33. The van der Waals surface area contributed by atoms with Crippen LogP contribution < -0.4 is 4.72 Å². The highest BCUT2D eigenvalue weighted by atomic mass is 35.5. The normalized spacial score (nSPS) is 15.2. The van der Waals surface area contributed by atoms with Crippen molar-refractivity contribution in [1.29, 1.82) is 0 Å². The Morgan fingerprint density at radius 3 is 2.30 bits per heavy atom. The third kappa shape index (κ3) is 6.60. The van der Waals surface area contributed by atoms with E-state index < -0.39 is 22.2 Å². The molecule has 0 radical (unpaired) electrons. The number of sulfonamides is 1. The first-order chi connectivity index (χ1) is 15.7. The number of hydrogen-bond acceptors (Lipinski definition) is 5. The summed E-state index contributed by atoms with van der Waals surface area (Å²) in [7, 11) is -4.15. The van der Waals surface area contributed by atoms with Crippen molar-refractivity contribution in [2.24, 2.45) is 0 Å². The van der Waals surface area contributed by atoms with Gasteiger partial charge in [-0.15, -0.1) is 0 Å². The number of nitrogens with zero attached hydrogens (tertiary/aromatic N) is 2. The number of benzene rings is 2. The van der Waals surface area contributed by atoms with E-state index in [2.05, 4.69) is 4.72 Å². The summed E-state index contributed by atoms with van der Waals surface area (Å²) >= 11 is 12.1. The molecule has 3 rings (SSSR count). The second kappa shape index (κ2) is 11.2. The molecule has 1 aliphatic rings. The summed E-state index contributed by atoms with van der Waals surface area (Å²) in [6.07, 6.45) is -0.281. The van der Waals surface area contributed by atoms with Crippen molar-refractivity contribution in [2.75, 3.05) is 32.8 Å². The number of carbonyl (C=O) groups excluding carboxylic acids is 2. The number of piperazine rings is 1. The van der Waals surface area contributed by atoms with Gasteiger partial charge in [0.05, 0.1) is 11.6 Å². The topological polar surface area (TPSA) is 96.0 Å². The summed E-state index contributed by atoms with van der Waals surface area (Å²) in [5.41, 5.74) is 0.793. The van der Waals surface area contributed by atoms with Crippen LogP contribution in [0, 0.1) is 0 Å². The number of hydrogen-bond donors (Lipinski definition) is 1. The van der Waals surface area contributed by atoms with E-state index in [9.17, 15) is 18.0 Å². The molecule has 1 N–H and O–H groups in total. The molecule has 2 aromatic rings. The molecule has 178 valence electrons. The monoisotopic (exact) mass is 513 g/mol. The Balaban J connectivity index is 1.80. The molecule has 0 aliphatic carbocycles. The summed E-state index contributed by atoms with van der Waals surface area (Å²) in [6, 6.07) is 12.2.